The third-order valence-corrected chi connectivity index (χ3v) is 5.39. The molecule has 2 aromatic carbocycles. The first-order valence-electron chi connectivity index (χ1n) is 12.1. The van der Waals surface area contributed by atoms with E-state index in [-0.39, 0.29) is 12.4 Å². The highest BCUT2D eigenvalue weighted by atomic mass is 16.5. The van der Waals surface area contributed by atoms with E-state index in [9.17, 15) is 14.4 Å². The van der Waals surface area contributed by atoms with E-state index in [1.54, 1.807) is 36.4 Å². The van der Waals surface area contributed by atoms with Crippen LogP contribution in [0.15, 0.2) is 103 Å². The van der Waals surface area contributed by atoms with Crippen molar-refractivity contribution in [2.24, 2.45) is 5.73 Å². The summed E-state index contributed by atoms with van der Waals surface area (Å²) in [5.41, 5.74) is 13.8. The van der Waals surface area contributed by atoms with Gasteiger partial charge in [-0.1, -0.05) is 48.5 Å². The summed E-state index contributed by atoms with van der Waals surface area (Å²) < 4.78 is 5.21. The summed E-state index contributed by atoms with van der Waals surface area (Å²) in [6.45, 7) is 0.0265. The first kappa shape index (κ1) is 27.3. The predicted molar refractivity (Wildman–Crippen MR) is 148 cm³/mol. The quantitative estimate of drug-likeness (QED) is 0.116. The number of anilines is 2. The maximum atomic E-state index is 12.6. The number of ether oxygens (including phenoxy) is 1. The molecule has 0 bridgehead atoms. The summed E-state index contributed by atoms with van der Waals surface area (Å²) in [6, 6.07) is 22.7. The molecule has 2 heterocycles. The van der Waals surface area contributed by atoms with Crippen molar-refractivity contribution in [1.82, 2.24) is 26.0 Å². The summed E-state index contributed by atoms with van der Waals surface area (Å²) in [7, 11) is 0. The zero-order valence-corrected chi connectivity index (χ0v) is 21.2. The Bertz CT molecular complexity index is 1480. The Hall–Kier alpha value is -5.78. The number of nitrogens with two attached hydrogens (primary N) is 1. The molecule has 0 aliphatic heterocycles. The van der Waals surface area contributed by atoms with Crippen molar-refractivity contribution in [3.8, 4) is 11.3 Å². The summed E-state index contributed by atoms with van der Waals surface area (Å²) in [6.07, 6.45) is 4.29. The van der Waals surface area contributed by atoms with Gasteiger partial charge in [-0.15, -0.1) is 10.2 Å². The highest BCUT2D eigenvalue weighted by Crippen LogP contribution is 2.18. The van der Waals surface area contributed by atoms with Crippen LogP contribution in [0.25, 0.3) is 11.3 Å². The molecule has 0 aliphatic rings. The van der Waals surface area contributed by atoms with Crippen LogP contribution < -0.4 is 27.2 Å². The number of benzene rings is 2. The van der Waals surface area contributed by atoms with Crippen molar-refractivity contribution in [2.45, 2.75) is 6.42 Å². The van der Waals surface area contributed by atoms with Crippen molar-refractivity contribution in [3.63, 3.8) is 0 Å². The van der Waals surface area contributed by atoms with Crippen LogP contribution in [0.3, 0.4) is 0 Å². The van der Waals surface area contributed by atoms with Crippen LogP contribution in [0.1, 0.15) is 15.9 Å². The van der Waals surface area contributed by atoms with E-state index in [0.29, 0.717) is 29.2 Å². The number of para-hydroxylation sites is 1. The van der Waals surface area contributed by atoms with Gasteiger partial charge in [-0.05, 0) is 35.9 Å². The number of esters is 1. The number of amides is 3. The maximum absolute atomic E-state index is 12.6. The van der Waals surface area contributed by atoms with Crippen LogP contribution in [-0.4, -0.2) is 39.7 Å². The fourth-order valence-corrected chi connectivity index (χ4v) is 3.46. The zero-order chi connectivity index (χ0) is 28.2. The number of nitrogens with zero attached hydrogens (tertiary/aromatic N) is 3. The number of nitrogens with one attached hydrogen (secondary N) is 4. The average molecular weight is 539 g/mol. The number of carbonyl (C=O) groups is 3. The van der Waals surface area contributed by atoms with Gasteiger partial charge in [0.05, 0.1) is 18.4 Å². The molecule has 6 N–H and O–H groups in total. The largest absolute Gasteiger partial charge is 0.462 e. The van der Waals surface area contributed by atoms with Crippen molar-refractivity contribution in [2.75, 3.05) is 17.2 Å². The second-order valence-electron chi connectivity index (χ2n) is 8.24. The highest BCUT2D eigenvalue weighted by molar-refractivity contribution is 5.99. The van der Waals surface area contributed by atoms with Gasteiger partial charge in [0.2, 0.25) is 0 Å². The number of urea groups is 1. The number of carbonyl (C=O) groups excluding carboxylic acids is 3. The van der Waals surface area contributed by atoms with Crippen LogP contribution in [0.2, 0.25) is 0 Å². The van der Waals surface area contributed by atoms with E-state index in [1.165, 1.54) is 24.5 Å². The number of hydrazine groups is 1. The predicted octanol–water partition coefficient (Wildman–Crippen LogP) is 3.00. The maximum Gasteiger partial charge on any atom is 0.334 e. The Morgan fingerprint density at radius 3 is 2.33 bits per heavy atom. The lowest BCUT2D eigenvalue weighted by Gasteiger charge is -2.12. The molecule has 0 radical (unpaired) electrons. The van der Waals surface area contributed by atoms with Crippen LogP contribution in [0, 0.1) is 0 Å². The van der Waals surface area contributed by atoms with Gasteiger partial charge in [0.25, 0.3) is 5.91 Å². The lowest BCUT2D eigenvalue weighted by molar-refractivity contribution is -0.137. The molecule has 0 aliphatic carbocycles. The smallest absolute Gasteiger partial charge is 0.334 e. The molecule has 4 aromatic rings. The second kappa shape index (κ2) is 13.7. The lowest BCUT2D eigenvalue weighted by atomic mass is 10.1. The first-order chi connectivity index (χ1) is 19.5. The molecule has 40 heavy (non-hydrogen) atoms. The molecule has 202 valence electrons. The van der Waals surface area contributed by atoms with E-state index in [4.69, 9.17) is 10.5 Å². The minimum absolute atomic E-state index is 0.0265. The van der Waals surface area contributed by atoms with Gasteiger partial charge in [-0.25, -0.2) is 9.59 Å². The third kappa shape index (κ3) is 8.11. The Kier molecular flexibility index (Phi) is 9.32. The Morgan fingerprint density at radius 1 is 0.825 bits per heavy atom. The van der Waals surface area contributed by atoms with E-state index < -0.39 is 17.9 Å². The molecule has 4 rings (SSSR count). The lowest BCUT2D eigenvalue weighted by Crippen LogP contribution is -2.39. The number of hydrogen-bond acceptors (Lipinski definition) is 9. The Balaban J connectivity index is 1.24. The molecule has 0 saturated carbocycles. The summed E-state index contributed by atoms with van der Waals surface area (Å²) >= 11 is 0. The fourth-order valence-electron chi connectivity index (χ4n) is 3.46. The summed E-state index contributed by atoms with van der Waals surface area (Å²) in [4.78, 5) is 40.5. The molecule has 0 atom stereocenters. The van der Waals surface area contributed by atoms with E-state index in [2.05, 4.69) is 36.7 Å². The summed E-state index contributed by atoms with van der Waals surface area (Å²) in [5.74, 6) is -0.968. The minimum Gasteiger partial charge on any atom is -0.462 e. The molecular formula is C28H26N8O4. The number of aromatic nitrogens is 3. The molecule has 0 saturated heterocycles. The van der Waals surface area contributed by atoms with Crippen molar-refractivity contribution in [3.05, 3.63) is 114 Å². The third-order valence-electron chi connectivity index (χ3n) is 5.39. The Labute approximate surface area is 229 Å². The standard InChI is InChI=1S/C28H26N8O4/c29-24(34-36-27(38)21-12-15-30-16-13-21)18-26(37)40-17-14-20-8-4-5-9-22(20)31-28(39)32-25-11-10-23(33-35-25)19-6-2-1-3-7-19/h1-13,15-16,18,34H,14,17,29H2,(H,36,38)(H2,31,32,35,39). The van der Waals surface area contributed by atoms with Gasteiger partial charge in [0, 0.05) is 35.6 Å². The average Bonchev–Trinajstić information content (AvgIpc) is 2.98. The van der Waals surface area contributed by atoms with Gasteiger partial charge >= 0.3 is 12.0 Å². The van der Waals surface area contributed by atoms with Crippen LogP contribution >= 0.6 is 0 Å². The second-order valence-corrected chi connectivity index (χ2v) is 8.24. The molecule has 12 heteroatoms. The SMILES string of the molecule is NC(=CC(=O)OCCc1ccccc1NC(=O)Nc1ccc(-c2ccccc2)nn1)NNC(=O)c1ccncc1. The van der Waals surface area contributed by atoms with Crippen molar-refractivity contribution >= 4 is 29.4 Å². The molecule has 2 aromatic heterocycles. The monoisotopic (exact) mass is 538 g/mol. The van der Waals surface area contributed by atoms with Gasteiger partial charge in [0.15, 0.2) is 5.82 Å². The normalized spacial score (nSPS) is 10.8. The highest BCUT2D eigenvalue weighted by Gasteiger charge is 2.10. The van der Waals surface area contributed by atoms with Gasteiger partial charge < -0.3 is 15.8 Å². The topological polar surface area (TPSA) is 173 Å². The van der Waals surface area contributed by atoms with E-state index in [0.717, 1.165) is 17.2 Å². The fraction of sp³-hybridized carbons (Fsp3) is 0.0714. The van der Waals surface area contributed by atoms with Crippen molar-refractivity contribution in [1.29, 1.82) is 0 Å². The van der Waals surface area contributed by atoms with Crippen molar-refractivity contribution < 1.29 is 19.1 Å². The van der Waals surface area contributed by atoms with Gasteiger partial charge in [-0.3, -0.25) is 25.9 Å². The molecular weight excluding hydrogens is 512 g/mol. The van der Waals surface area contributed by atoms with E-state index >= 15 is 0 Å². The molecule has 12 nitrogen and oxygen atoms in total. The first-order valence-corrected chi connectivity index (χ1v) is 12.1. The number of pyridine rings is 1. The van der Waals surface area contributed by atoms with E-state index in [1.807, 2.05) is 30.3 Å². The Morgan fingerprint density at radius 2 is 1.57 bits per heavy atom. The molecule has 3 amide bonds. The number of hydrogen-bond donors (Lipinski definition) is 5. The molecule has 0 fully saturated rings. The summed E-state index contributed by atoms with van der Waals surface area (Å²) in [5, 5.41) is 13.6. The van der Waals surface area contributed by atoms with Crippen LogP contribution in [-0.2, 0) is 16.0 Å². The van der Waals surface area contributed by atoms with Crippen LogP contribution in [0.5, 0.6) is 0 Å². The van der Waals surface area contributed by atoms with Crippen LogP contribution in [0.4, 0.5) is 16.3 Å². The zero-order valence-electron chi connectivity index (χ0n) is 21.2. The number of rotatable bonds is 10. The van der Waals surface area contributed by atoms with Gasteiger partial charge in [-0.2, -0.15) is 0 Å². The van der Waals surface area contributed by atoms with Gasteiger partial charge in [0.1, 0.15) is 5.82 Å². The minimum atomic E-state index is -0.705. The molecule has 0 spiro atoms. The molecule has 0 unspecified atom stereocenters.